The fourth-order valence-corrected chi connectivity index (χ4v) is 7.83. The highest BCUT2D eigenvalue weighted by Gasteiger charge is 2.48. The number of hydrogen-bond acceptors (Lipinski definition) is 6. The van der Waals surface area contributed by atoms with Crippen molar-refractivity contribution in [3.8, 4) is 0 Å². The molecule has 10 heteroatoms. The van der Waals surface area contributed by atoms with Crippen molar-refractivity contribution in [2.24, 2.45) is 23.7 Å². The molecule has 5 fully saturated rings. The molecule has 1 N–H and O–H groups in total. The van der Waals surface area contributed by atoms with E-state index in [9.17, 15) is 18.5 Å². The van der Waals surface area contributed by atoms with E-state index in [4.69, 9.17) is 0 Å². The van der Waals surface area contributed by atoms with Crippen LogP contribution >= 0.6 is 0 Å². The third-order valence-corrected chi connectivity index (χ3v) is 10.1. The number of anilines is 2. The van der Waals surface area contributed by atoms with Crippen molar-refractivity contribution in [1.82, 2.24) is 8.61 Å². The zero-order valence-corrected chi connectivity index (χ0v) is 19.6. The second kappa shape index (κ2) is 8.14. The van der Waals surface area contributed by atoms with Gasteiger partial charge in [0.05, 0.1) is 4.92 Å². The van der Waals surface area contributed by atoms with Crippen LogP contribution in [-0.4, -0.2) is 68.3 Å². The van der Waals surface area contributed by atoms with E-state index in [0.717, 1.165) is 17.5 Å². The third-order valence-electron chi connectivity index (χ3n) is 8.12. The molecule has 0 atom stereocenters. The van der Waals surface area contributed by atoms with Crippen LogP contribution in [0, 0.1) is 33.8 Å². The van der Waals surface area contributed by atoms with Gasteiger partial charge in [0.25, 0.3) is 15.9 Å². The lowest BCUT2D eigenvalue weighted by molar-refractivity contribution is -0.384. The molecule has 0 amide bonds. The van der Waals surface area contributed by atoms with Crippen LogP contribution in [0.3, 0.4) is 0 Å². The molecule has 9 nitrogen and oxygen atoms in total. The Morgan fingerprint density at radius 2 is 1.59 bits per heavy atom. The summed E-state index contributed by atoms with van der Waals surface area (Å²) < 4.78 is 27.5. The summed E-state index contributed by atoms with van der Waals surface area (Å²) in [7, 11) is -0.339. The maximum atomic E-state index is 12.4. The predicted molar refractivity (Wildman–Crippen MR) is 124 cm³/mol. The first-order chi connectivity index (χ1) is 15.2. The second-order valence-corrected chi connectivity index (χ2v) is 12.4. The van der Waals surface area contributed by atoms with Gasteiger partial charge in [0.1, 0.15) is 5.69 Å². The van der Waals surface area contributed by atoms with Crippen molar-refractivity contribution in [1.29, 1.82) is 0 Å². The monoisotopic (exact) mass is 463 g/mol. The first kappa shape index (κ1) is 21.9. The summed E-state index contributed by atoms with van der Waals surface area (Å²) in [6, 6.07) is 5.60. The second-order valence-electron chi connectivity index (χ2n) is 10.2. The maximum Gasteiger partial charge on any atom is 0.292 e. The molecule has 0 aromatic heterocycles. The molecule has 0 radical (unpaired) electrons. The average molecular weight is 464 g/mol. The summed E-state index contributed by atoms with van der Waals surface area (Å²) >= 11 is 0. The molecule has 5 aliphatic rings. The quantitative estimate of drug-likeness (QED) is 0.514. The molecule has 4 bridgehead atoms. The Bertz CT molecular complexity index is 962. The summed E-state index contributed by atoms with van der Waals surface area (Å²) in [6.07, 6.45) is 6.38. The van der Waals surface area contributed by atoms with Gasteiger partial charge >= 0.3 is 0 Å². The van der Waals surface area contributed by atoms with Crippen LogP contribution in [0.5, 0.6) is 0 Å². The minimum absolute atomic E-state index is 0.122. The Hall–Kier alpha value is -1.91. The summed E-state index contributed by atoms with van der Waals surface area (Å²) in [5, 5.41) is 15.4. The van der Waals surface area contributed by atoms with Gasteiger partial charge in [0.15, 0.2) is 0 Å². The van der Waals surface area contributed by atoms with E-state index in [0.29, 0.717) is 49.7 Å². The predicted octanol–water partition coefficient (Wildman–Crippen LogP) is 2.76. The largest absolute Gasteiger partial charge is 0.376 e. The lowest BCUT2D eigenvalue weighted by Gasteiger charge is -2.54. The van der Waals surface area contributed by atoms with E-state index >= 15 is 0 Å². The van der Waals surface area contributed by atoms with Gasteiger partial charge in [-0.2, -0.15) is 17.0 Å². The standard InChI is InChI=1S/C22H33N5O4S/c1-24(2)32(30,31)26-7-5-25(6-8-26)19-3-4-21(27(28)29)20(14-19)23-22-17-10-15-9-16(12-17)13-18(22)11-15/h3-4,14-18,22-23H,5-13H2,1-2H3. The van der Waals surface area contributed by atoms with Gasteiger partial charge in [0.2, 0.25) is 0 Å². The third kappa shape index (κ3) is 3.86. The van der Waals surface area contributed by atoms with Gasteiger partial charge in [-0.15, -0.1) is 0 Å². The van der Waals surface area contributed by atoms with Crippen molar-refractivity contribution in [3.63, 3.8) is 0 Å². The van der Waals surface area contributed by atoms with Crippen LogP contribution in [0.15, 0.2) is 18.2 Å². The Morgan fingerprint density at radius 1 is 1.00 bits per heavy atom. The summed E-state index contributed by atoms with van der Waals surface area (Å²) in [4.78, 5) is 13.6. The van der Waals surface area contributed by atoms with E-state index in [1.807, 2.05) is 6.07 Å². The van der Waals surface area contributed by atoms with E-state index < -0.39 is 10.2 Å². The molecule has 1 aromatic carbocycles. The van der Waals surface area contributed by atoms with Crippen molar-refractivity contribution < 1.29 is 13.3 Å². The molecule has 0 spiro atoms. The summed E-state index contributed by atoms with van der Waals surface area (Å²) in [5.74, 6) is 2.95. The Balaban J connectivity index is 1.34. The van der Waals surface area contributed by atoms with E-state index in [1.54, 1.807) is 26.2 Å². The Kier molecular flexibility index (Phi) is 5.58. The van der Waals surface area contributed by atoms with Gasteiger partial charge in [-0.3, -0.25) is 10.1 Å². The maximum absolute atomic E-state index is 12.4. The molecule has 1 aliphatic heterocycles. The highest BCUT2D eigenvalue weighted by molar-refractivity contribution is 7.86. The molecule has 1 saturated heterocycles. The number of rotatable bonds is 6. The van der Waals surface area contributed by atoms with Crippen LogP contribution in [0.4, 0.5) is 17.1 Å². The SMILES string of the molecule is CN(C)S(=O)(=O)N1CCN(c2ccc([N+](=O)[O-])c(NC3C4CC5CC(C4)CC3C5)c2)CC1. The van der Waals surface area contributed by atoms with Crippen molar-refractivity contribution in [3.05, 3.63) is 28.3 Å². The highest BCUT2D eigenvalue weighted by atomic mass is 32.2. The average Bonchev–Trinajstić information content (AvgIpc) is 2.75. The van der Waals surface area contributed by atoms with E-state index in [1.165, 1.54) is 40.7 Å². The van der Waals surface area contributed by atoms with Gasteiger partial charge in [-0.05, 0) is 67.9 Å². The van der Waals surface area contributed by atoms with Crippen LogP contribution in [0.2, 0.25) is 0 Å². The Morgan fingerprint density at radius 3 is 2.12 bits per heavy atom. The minimum atomic E-state index is -3.42. The smallest absolute Gasteiger partial charge is 0.292 e. The topological polar surface area (TPSA) is 99.0 Å². The molecule has 0 unspecified atom stereocenters. The van der Waals surface area contributed by atoms with Crippen LogP contribution in [0.1, 0.15) is 32.1 Å². The van der Waals surface area contributed by atoms with Gasteiger partial charge in [-0.25, -0.2) is 0 Å². The fraction of sp³-hybridized carbons (Fsp3) is 0.727. The summed E-state index contributed by atoms with van der Waals surface area (Å²) in [5.41, 5.74) is 1.63. The number of piperazine rings is 1. The first-order valence-corrected chi connectivity index (χ1v) is 13.1. The number of benzene rings is 1. The Labute approximate surface area is 190 Å². The van der Waals surface area contributed by atoms with Crippen LogP contribution in [0.25, 0.3) is 0 Å². The van der Waals surface area contributed by atoms with E-state index in [-0.39, 0.29) is 10.6 Å². The molecule has 6 rings (SSSR count). The first-order valence-electron chi connectivity index (χ1n) is 11.7. The van der Waals surface area contributed by atoms with Crippen molar-refractivity contribution >= 4 is 27.3 Å². The zero-order valence-electron chi connectivity index (χ0n) is 18.8. The highest BCUT2D eigenvalue weighted by Crippen LogP contribution is 2.54. The van der Waals surface area contributed by atoms with Crippen LogP contribution < -0.4 is 10.2 Å². The molecule has 4 aliphatic carbocycles. The molecule has 32 heavy (non-hydrogen) atoms. The molecule has 176 valence electrons. The normalized spacial score (nSPS) is 32.5. The van der Waals surface area contributed by atoms with Crippen molar-refractivity contribution in [2.45, 2.75) is 38.1 Å². The van der Waals surface area contributed by atoms with Gasteiger partial charge in [0, 0.05) is 58.1 Å². The van der Waals surface area contributed by atoms with E-state index in [2.05, 4.69) is 10.2 Å². The summed E-state index contributed by atoms with van der Waals surface area (Å²) in [6.45, 7) is 1.91. The zero-order chi connectivity index (χ0) is 22.6. The lowest BCUT2D eigenvalue weighted by Crippen LogP contribution is -2.52. The molecular weight excluding hydrogens is 430 g/mol. The number of nitro groups is 1. The molecule has 4 saturated carbocycles. The van der Waals surface area contributed by atoms with Gasteiger partial charge in [-0.1, -0.05) is 0 Å². The molecule has 1 aromatic rings. The number of hydrogen-bond donors (Lipinski definition) is 1. The number of nitrogens with one attached hydrogen (secondary N) is 1. The van der Waals surface area contributed by atoms with Crippen LogP contribution in [-0.2, 0) is 10.2 Å². The van der Waals surface area contributed by atoms with Crippen molar-refractivity contribution in [2.75, 3.05) is 50.5 Å². The number of nitro benzene ring substituents is 1. The number of nitrogens with zero attached hydrogens (tertiary/aromatic N) is 4. The fourth-order valence-electron chi connectivity index (χ4n) is 6.74. The molecule has 1 heterocycles. The van der Waals surface area contributed by atoms with Gasteiger partial charge < -0.3 is 10.2 Å². The molecular formula is C22H33N5O4S. The minimum Gasteiger partial charge on any atom is -0.376 e. The lowest BCUT2D eigenvalue weighted by atomic mass is 9.54.